The molecular formula is C78H126N4O12. The molecule has 0 spiro atoms. The van der Waals surface area contributed by atoms with Gasteiger partial charge in [0.2, 0.25) is 11.8 Å². The third-order valence-corrected chi connectivity index (χ3v) is 18.7. The van der Waals surface area contributed by atoms with E-state index in [2.05, 4.69) is 109 Å². The topological polar surface area (TPSA) is 193 Å². The van der Waals surface area contributed by atoms with Crippen LogP contribution in [0.2, 0.25) is 0 Å². The molecule has 16 nitrogen and oxygen atoms in total. The number of hydrogen-bond donors (Lipinski definition) is 2. The molecule has 2 amide bonds. The van der Waals surface area contributed by atoms with E-state index in [9.17, 15) is 39.0 Å². The molecule has 0 aromatic rings. The number of ether oxygens (including phenoxy) is 4. The van der Waals surface area contributed by atoms with Gasteiger partial charge in [-0.1, -0.05) is 93.2 Å². The smallest absolute Gasteiger partial charge is 0.309 e. The molecule has 4 unspecified atom stereocenters. The zero-order valence-corrected chi connectivity index (χ0v) is 59.8. The first-order valence-corrected chi connectivity index (χ1v) is 36.5. The monoisotopic (exact) mass is 1310 g/mol. The lowest BCUT2D eigenvalue weighted by molar-refractivity contribution is -0.150. The maximum atomic E-state index is 14.5. The average molecular weight is 1310 g/mol. The highest BCUT2D eigenvalue weighted by molar-refractivity contribution is 5.77. The molecule has 0 saturated heterocycles. The summed E-state index contributed by atoms with van der Waals surface area (Å²) in [6.07, 6.45) is 38.9. The van der Waals surface area contributed by atoms with Crippen LogP contribution in [0.25, 0.3) is 0 Å². The summed E-state index contributed by atoms with van der Waals surface area (Å²) >= 11 is 0. The Bertz CT molecular complexity index is 2240. The van der Waals surface area contributed by atoms with Crippen molar-refractivity contribution >= 4 is 35.7 Å². The molecule has 4 atom stereocenters. The Morgan fingerprint density at radius 3 is 0.851 bits per heavy atom. The minimum atomic E-state index is -0.201. The van der Waals surface area contributed by atoms with E-state index >= 15 is 0 Å². The van der Waals surface area contributed by atoms with Gasteiger partial charge in [0.1, 0.15) is 0 Å². The predicted molar refractivity (Wildman–Crippen MR) is 377 cm³/mol. The summed E-state index contributed by atoms with van der Waals surface area (Å²) in [5.74, 6) is -1.68. The molecule has 530 valence electrons. The number of carbonyl (C=O) groups is 6. The molecule has 16 heteroatoms. The highest BCUT2D eigenvalue weighted by atomic mass is 16.5. The molecular weight excluding hydrogens is 1180 g/mol. The number of aliphatic hydroxyl groups excluding tert-OH is 2. The molecule has 0 fully saturated rings. The van der Waals surface area contributed by atoms with Crippen molar-refractivity contribution in [1.29, 1.82) is 0 Å². The second-order valence-electron chi connectivity index (χ2n) is 27.8. The first-order chi connectivity index (χ1) is 45.3. The van der Waals surface area contributed by atoms with E-state index in [0.29, 0.717) is 117 Å². The van der Waals surface area contributed by atoms with Crippen molar-refractivity contribution in [2.75, 3.05) is 105 Å². The largest absolute Gasteiger partial charge is 0.465 e. The van der Waals surface area contributed by atoms with Crippen molar-refractivity contribution in [3.63, 3.8) is 0 Å². The van der Waals surface area contributed by atoms with Gasteiger partial charge in [-0.3, -0.25) is 33.7 Å². The molecule has 0 heterocycles. The van der Waals surface area contributed by atoms with Gasteiger partial charge >= 0.3 is 23.9 Å². The van der Waals surface area contributed by atoms with Gasteiger partial charge in [-0.2, -0.15) is 0 Å². The number of carbonyl (C=O) groups excluding carboxylic acids is 6. The van der Waals surface area contributed by atoms with Crippen LogP contribution < -0.4 is 0 Å². The number of amides is 2. The first kappa shape index (κ1) is 81.0. The Labute approximate surface area is 567 Å². The summed E-state index contributed by atoms with van der Waals surface area (Å²) in [5.41, 5.74) is 10.8. The van der Waals surface area contributed by atoms with Gasteiger partial charge in [0, 0.05) is 65.2 Å². The quantitative estimate of drug-likeness (QED) is 0.0253. The summed E-state index contributed by atoms with van der Waals surface area (Å²) in [7, 11) is 0. The molecule has 0 aromatic carbocycles. The van der Waals surface area contributed by atoms with E-state index in [1.807, 2.05) is 4.90 Å². The summed E-state index contributed by atoms with van der Waals surface area (Å²) in [5, 5.41) is 19.4. The van der Waals surface area contributed by atoms with E-state index in [1.54, 1.807) is 9.80 Å². The molecule has 0 aliphatic heterocycles. The van der Waals surface area contributed by atoms with Gasteiger partial charge in [-0.05, 0) is 235 Å². The summed E-state index contributed by atoms with van der Waals surface area (Å²) in [4.78, 5) is 90.0. The summed E-state index contributed by atoms with van der Waals surface area (Å²) in [6.45, 7) is 21.9. The van der Waals surface area contributed by atoms with Crippen LogP contribution in [0, 0.1) is 23.7 Å². The van der Waals surface area contributed by atoms with Gasteiger partial charge in [0.25, 0.3) is 0 Å². The van der Waals surface area contributed by atoms with Crippen molar-refractivity contribution in [2.45, 2.75) is 235 Å². The van der Waals surface area contributed by atoms with Crippen molar-refractivity contribution in [2.24, 2.45) is 23.7 Å². The van der Waals surface area contributed by atoms with Crippen LogP contribution in [0.15, 0.2) is 93.2 Å². The zero-order chi connectivity index (χ0) is 68.3. The van der Waals surface area contributed by atoms with Crippen LogP contribution in [0.4, 0.5) is 0 Å². The number of unbranched alkanes of at least 4 members (excludes halogenated alkanes) is 1. The van der Waals surface area contributed by atoms with E-state index in [4.69, 9.17) is 18.9 Å². The van der Waals surface area contributed by atoms with Crippen LogP contribution in [0.5, 0.6) is 0 Å². The second kappa shape index (κ2) is 48.3. The highest BCUT2D eigenvalue weighted by Crippen LogP contribution is 2.31. The molecule has 4 aliphatic rings. The first-order valence-electron chi connectivity index (χ1n) is 36.5. The third kappa shape index (κ3) is 35.5. The van der Waals surface area contributed by atoms with Crippen LogP contribution in [-0.2, 0) is 47.7 Å². The van der Waals surface area contributed by atoms with Gasteiger partial charge in [0.05, 0.1) is 63.3 Å². The number of rotatable bonds is 47. The normalized spacial score (nSPS) is 18.0. The number of hydrogen-bond acceptors (Lipinski definition) is 14. The van der Waals surface area contributed by atoms with E-state index in [0.717, 1.165) is 116 Å². The fourth-order valence-electron chi connectivity index (χ4n) is 12.9. The summed E-state index contributed by atoms with van der Waals surface area (Å²) in [6, 6.07) is 0. The van der Waals surface area contributed by atoms with Crippen molar-refractivity contribution in [1.82, 2.24) is 19.6 Å². The Balaban J connectivity index is 1.43. The fourth-order valence-corrected chi connectivity index (χ4v) is 12.9. The SMILES string of the molecule is CC(C)=CCCC1=CCC(C(=O)OCCCN(CCCOC(=O)C2CC=C(CCC=C(C)C)CC2)C(=O)CCN(CCCCN(CCO)CCO)CCC(=O)N(CCCOC(=O)C2CC=C(CCC=C(C)C)CC2)CCCOC(=O)C2CC=C(CCC=C(C)C)CC2)CC1. The van der Waals surface area contributed by atoms with E-state index in [-0.39, 0.29) is 112 Å². The summed E-state index contributed by atoms with van der Waals surface area (Å²) < 4.78 is 23.4. The van der Waals surface area contributed by atoms with E-state index in [1.165, 1.54) is 44.6 Å². The Morgan fingerprint density at radius 2 is 0.628 bits per heavy atom. The molecule has 0 radical (unpaired) electrons. The van der Waals surface area contributed by atoms with E-state index < -0.39 is 0 Å². The third-order valence-electron chi connectivity index (χ3n) is 18.7. The molecule has 0 saturated carbocycles. The maximum Gasteiger partial charge on any atom is 0.309 e. The van der Waals surface area contributed by atoms with Gasteiger partial charge < -0.3 is 43.9 Å². The minimum Gasteiger partial charge on any atom is -0.465 e. The second-order valence-corrected chi connectivity index (χ2v) is 27.8. The average Bonchev–Trinajstić information content (AvgIpc) is 1.09. The van der Waals surface area contributed by atoms with Gasteiger partial charge in [-0.25, -0.2) is 0 Å². The number of esters is 4. The van der Waals surface area contributed by atoms with Gasteiger partial charge in [-0.15, -0.1) is 0 Å². The molecule has 2 N–H and O–H groups in total. The van der Waals surface area contributed by atoms with Crippen molar-refractivity contribution in [3.8, 4) is 0 Å². The van der Waals surface area contributed by atoms with Crippen LogP contribution in [0.3, 0.4) is 0 Å². The van der Waals surface area contributed by atoms with Crippen molar-refractivity contribution in [3.05, 3.63) is 93.2 Å². The lowest BCUT2D eigenvalue weighted by Gasteiger charge is -2.28. The van der Waals surface area contributed by atoms with Crippen LogP contribution >= 0.6 is 0 Å². The number of aliphatic hydroxyl groups is 2. The van der Waals surface area contributed by atoms with Crippen molar-refractivity contribution < 1.29 is 57.9 Å². The number of allylic oxidation sites excluding steroid dienone is 16. The predicted octanol–water partition coefficient (Wildman–Crippen LogP) is 14.4. The number of nitrogens with zero attached hydrogens (tertiary/aromatic N) is 4. The Kier molecular flexibility index (Phi) is 41.6. The maximum absolute atomic E-state index is 14.5. The molecule has 0 aromatic heterocycles. The zero-order valence-electron chi connectivity index (χ0n) is 59.8. The standard InChI is InChI=1S/C78H126N4O12/c1-61(2)19-11-23-65-27-35-69(36-28-65)75(87)91-57-15-47-81(48-16-58-92-76(88)70-37-29-66(30-38-70)24-12-20-62(3)4)73(85)43-51-79(45-9-10-46-80(53-55-83)54-56-84)52-44-74(86)82(49-17-59-93-77(89)71-39-31-67(32-40-71)25-13-21-63(5)6)50-18-60-94-78(90)72-41-33-68(34-42-72)26-14-22-64(7)8/h19-22,27,29,31,33,69-72,83-84H,9-18,23-26,28,30,32,34-60H2,1-8H3. The minimum absolute atomic E-state index is 0.0158. The van der Waals surface area contributed by atoms with Crippen LogP contribution in [-0.4, -0.2) is 171 Å². The lowest BCUT2D eigenvalue weighted by atomic mass is 9.88. The Morgan fingerprint density at radius 1 is 0.372 bits per heavy atom. The molecule has 4 rings (SSSR count). The fraction of sp³-hybridized carbons (Fsp3) is 0.718. The molecule has 94 heavy (non-hydrogen) atoms. The van der Waals surface area contributed by atoms with Crippen LogP contribution in [0.1, 0.15) is 235 Å². The molecule has 4 aliphatic carbocycles. The molecule has 0 bridgehead atoms. The Hall–Kier alpha value is -5.42. The lowest BCUT2D eigenvalue weighted by Crippen LogP contribution is -2.39. The van der Waals surface area contributed by atoms with Gasteiger partial charge in [0.15, 0.2) is 0 Å². The highest BCUT2D eigenvalue weighted by Gasteiger charge is 2.28.